The van der Waals surface area contributed by atoms with Gasteiger partial charge in [-0.1, -0.05) is 19.8 Å². The minimum atomic E-state index is 0.376. The first-order valence-corrected chi connectivity index (χ1v) is 4.83. The van der Waals surface area contributed by atoms with E-state index in [9.17, 15) is 0 Å². The number of anilines is 1. The molecule has 0 spiro atoms. The maximum Gasteiger partial charge on any atom is 0.239 e. The molecule has 0 bridgehead atoms. The zero-order chi connectivity index (χ0) is 9.31. The molecule has 0 unspecified atom stereocenters. The van der Waals surface area contributed by atoms with Gasteiger partial charge in [0.1, 0.15) is 6.33 Å². The van der Waals surface area contributed by atoms with E-state index in [1.54, 1.807) is 6.33 Å². The summed E-state index contributed by atoms with van der Waals surface area (Å²) in [6.45, 7) is 3.27. The van der Waals surface area contributed by atoms with Gasteiger partial charge in [0.05, 0.1) is 0 Å². The van der Waals surface area contributed by atoms with Crippen molar-refractivity contribution in [1.29, 1.82) is 0 Å². The number of aromatic nitrogens is 3. The molecule has 0 radical (unpaired) electrons. The summed E-state index contributed by atoms with van der Waals surface area (Å²) < 4.78 is 1.86. The molecule has 1 aromatic heterocycles. The highest BCUT2D eigenvalue weighted by Gasteiger charge is 2.29. The van der Waals surface area contributed by atoms with Crippen molar-refractivity contribution >= 4 is 5.95 Å². The normalized spacial score (nSPS) is 20.7. The van der Waals surface area contributed by atoms with Gasteiger partial charge in [-0.05, 0) is 18.3 Å². The third kappa shape index (κ3) is 1.82. The van der Waals surface area contributed by atoms with Crippen molar-refractivity contribution in [3.05, 3.63) is 6.33 Å². The molecule has 1 heterocycles. The maximum absolute atomic E-state index is 5.45. The van der Waals surface area contributed by atoms with Gasteiger partial charge in [-0.3, -0.25) is 4.68 Å². The Kier molecular flexibility index (Phi) is 1.98. The van der Waals surface area contributed by atoms with E-state index in [1.807, 2.05) is 4.68 Å². The van der Waals surface area contributed by atoms with Crippen molar-refractivity contribution in [1.82, 2.24) is 14.8 Å². The summed E-state index contributed by atoms with van der Waals surface area (Å²) in [5, 5.41) is 4.10. The van der Waals surface area contributed by atoms with Crippen LogP contribution in [0, 0.1) is 5.41 Å². The summed E-state index contributed by atoms with van der Waals surface area (Å²) in [5.74, 6) is 0.376. The Balaban J connectivity index is 2.04. The number of nitrogen functional groups attached to an aromatic ring is 1. The zero-order valence-electron chi connectivity index (χ0n) is 8.03. The molecule has 13 heavy (non-hydrogen) atoms. The second-order valence-corrected chi connectivity index (χ2v) is 4.32. The fraction of sp³-hybridized carbons (Fsp3) is 0.778. The van der Waals surface area contributed by atoms with Gasteiger partial charge >= 0.3 is 0 Å². The van der Waals surface area contributed by atoms with Gasteiger partial charge in [0.15, 0.2) is 0 Å². The summed E-state index contributed by atoms with van der Waals surface area (Å²) in [7, 11) is 0. The van der Waals surface area contributed by atoms with Gasteiger partial charge in [0.2, 0.25) is 5.95 Å². The van der Waals surface area contributed by atoms with E-state index in [4.69, 9.17) is 5.73 Å². The molecule has 1 aliphatic rings. The molecule has 72 valence electrons. The predicted molar refractivity (Wildman–Crippen MR) is 51.0 cm³/mol. The molecule has 2 rings (SSSR count). The van der Waals surface area contributed by atoms with E-state index in [0.717, 1.165) is 6.54 Å². The van der Waals surface area contributed by atoms with Crippen LogP contribution in [0.25, 0.3) is 0 Å². The van der Waals surface area contributed by atoms with E-state index < -0.39 is 0 Å². The molecule has 1 saturated carbocycles. The topological polar surface area (TPSA) is 56.7 Å². The predicted octanol–water partition coefficient (Wildman–Crippen LogP) is 1.44. The molecule has 0 atom stereocenters. The van der Waals surface area contributed by atoms with Gasteiger partial charge in [-0.15, -0.1) is 5.10 Å². The molecule has 4 nitrogen and oxygen atoms in total. The molecule has 1 fully saturated rings. The summed E-state index contributed by atoms with van der Waals surface area (Å²) in [4.78, 5) is 3.92. The molecule has 0 aliphatic heterocycles. The van der Waals surface area contributed by atoms with Crippen LogP contribution in [0.3, 0.4) is 0 Å². The van der Waals surface area contributed by atoms with E-state index in [-0.39, 0.29) is 0 Å². The Morgan fingerprint density at radius 2 is 2.23 bits per heavy atom. The smallest absolute Gasteiger partial charge is 0.239 e. The van der Waals surface area contributed by atoms with Crippen LogP contribution in [0.5, 0.6) is 0 Å². The highest BCUT2D eigenvalue weighted by Crippen LogP contribution is 2.38. The highest BCUT2D eigenvalue weighted by atomic mass is 15.4. The van der Waals surface area contributed by atoms with Crippen LogP contribution in [0.4, 0.5) is 5.95 Å². The summed E-state index contributed by atoms with van der Waals surface area (Å²) in [6.07, 6.45) is 7.01. The third-order valence-corrected chi connectivity index (χ3v) is 2.91. The van der Waals surface area contributed by atoms with Crippen LogP contribution in [0.2, 0.25) is 0 Å². The first-order valence-electron chi connectivity index (χ1n) is 4.83. The van der Waals surface area contributed by atoms with Gasteiger partial charge in [0.25, 0.3) is 0 Å². The van der Waals surface area contributed by atoms with E-state index in [0.29, 0.717) is 11.4 Å². The Labute approximate surface area is 78.1 Å². The molecule has 2 N–H and O–H groups in total. The van der Waals surface area contributed by atoms with Gasteiger partial charge < -0.3 is 5.73 Å². The maximum atomic E-state index is 5.45. The lowest BCUT2D eigenvalue weighted by molar-refractivity contribution is 0.268. The lowest BCUT2D eigenvalue weighted by Gasteiger charge is -2.22. The first-order chi connectivity index (χ1) is 6.18. The van der Waals surface area contributed by atoms with E-state index in [1.165, 1.54) is 25.7 Å². The first kappa shape index (κ1) is 8.53. The largest absolute Gasteiger partial charge is 0.367 e. The van der Waals surface area contributed by atoms with Crippen LogP contribution >= 0.6 is 0 Å². The van der Waals surface area contributed by atoms with Crippen molar-refractivity contribution < 1.29 is 0 Å². The minimum absolute atomic E-state index is 0.376. The molecular formula is C9H16N4. The highest BCUT2D eigenvalue weighted by molar-refractivity contribution is 5.09. The second kappa shape index (κ2) is 3.01. The Bertz CT molecular complexity index is 286. The standard InChI is InChI=1S/C9H16N4/c1-9(4-2-3-5-9)6-13-7-11-8(10)12-13/h7H,2-6H2,1H3,(H2,10,12). The van der Waals surface area contributed by atoms with Gasteiger partial charge in [-0.25, -0.2) is 4.98 Å². The van der Waals surface area contributed by atoms with Gasteiger partial charge in [-0.2, -0.15) is 0 Å². The SMILES string of the molecule is CC1(Cn2cnc(N)n2)CCCC1. The summed E-state index contributed by atoms with van der Waals surface area (Å²) in [6, 6.07) is 0. The van der Waals surface area contributed by atoms with Crippen LogP contribution in [-0.4, -0.2) is 14.8 Å². The van der Waals surface area contributed by atoms with Crippen LogP contribution in [0.1, 0.15) is 32.6 Å². The van der Waals surface area contributed by atoms with Crippen LogP contribution in [0.15, 0.2) is 6.33 Å². The molecule has 0 saturated heterocycles. The second-order valence-electron chi connectivity index (χ2n) is 4.32. The van der Waals surface area contributed by atoms with Gasteiger partial charge in [0, 0.05) is 6.54 Å². The van der Waals surface area contributed by atoms with Crippen LogP contribution in [-0.2, 0) is 6.54 Å². The average Bonchev–Trinajstić information content (AvgIpc) is 2.62. The molecular weight excluding hydrogens is 164 g/mol. The molecule has 4 heteroatoms. The Hall–Kier alpha value is -1.06. The van der Waals surface area contributed by atoms with Crippen molar-refractivity contribution in [2.45, 2.75) is 39.2 Å². The van der Waals surface area contributed by atoms with E-state index in [2.05, 4.69) is 17.0 Å². The van der Waals surface area contributed by atoms with Crippen molar-refractivity contribution in [3.63, 3.8) is 0 Å². The number of hydrogen-bond donors (Lipinski definition) is 1. The number of rotatable bonds is 2. The molecule has 1 aliphatic carbocycles. The lowest BCUT2D eigenvalue weighted by Crippen LogP contribution is -2.19. The van der Waals surface area contributed by atoms with Crippen molar-refractivity contribution in [3.8, 4) is 0 Å². The van der Waals surface area contributed by atoms with Crippen molar-refractivity contribution in [2.24, 2.45) is 5.41 Å². The third-order valence-electron chi connectivity index (χ3n) is 2.91. The van der Waals surface area contributed by atoms with Crippen molar-refractivity contribution in [2.75, 3.05) is 5.73 Å². The Morgan fingerprint density at radius 1 is 1.54 bits per heavy atom. The summed E-state index contributed by atoms with van der Waals surface area (Å²) in [5.41, 5.74) is 5.87. The zero-order valence-corrected chi connectivity index (χ0v) is 8.03. The van der Waals surface area contributed by atoms with Crippen LogP contribution < -0.4 is 5.73 Å². The monoisotopic (exact) mass is 180 g/mol. The van der Waals surface area contributed by atoms with E-state index >= 15 is 0 Å². The summed E-state index contributed by atoms with van der Waals surface area (Å²) >= 11 is 0. The number of nitrogens with zero attached hydrogens (tertiary/aromatic N) is 3. The molecule has 0 aromatic carbocycles. The quantitative estimate of drug-likeness (QED) is 0.749. The molecule has 0 amide bonds. The fourth-order valence-corrected chi connectivity index (χ4v) is 2.16. The average molecular weight is 180 g/mol. The number of hydrogen-bond acceptors (Lipinski definition) is 3. The minimum Gasteiger partial charge on any atom is -0.367 e. The fourth-order valence-electron chi connectivity index (χ4n) is 2.16. The Morgan fingerprint density at radius 3 is 2.77 bits per heavy atom. The molecule has 1 aromatic rings. The lowest BCUT2D eigenvalue weighted by atomic mass is 9.89. The number of nitrogens with two attached hydrogens (primary N) is 1.